The molecule has 0 aromatic carbocycles. The zero-order valence-corrected chi connectivity index (χ0v) is 9.30. The highest BCUT2D eigenvalue weighted by Gasteiger charge is 2.32. The van der Waals surface area contributed by atoms with E-state index in [1.807, 2.05) is 0 Å². The van der Waals surface area contributed by atoms with Gasteiger partial charge in [0.05, 0.1) is 5.69 Å². The number of rotatable bonds is 1. The van der Waals surface area contributed by atoms with Crippen LogP contribution in [0.1, 0.15) is 11.4 Å². The van der Waals surface area contributed by atoms with E-state index in [0.29, 0.717) is 17.0 Å². The molecule has 2 heterocycles. The Morgan fingerprint density at radius 1 is 1.29 bits per heavy atom. The normalized spacial score (nSPS) is 11.8. The zero-order chi connectivity index (χ0) is 12.6. The van der Waals surface area contributed by atoms with Crippen LogP contribution in [0.4, 0.5) is 13.2 Å². The maximum atomic E-state index is 12.3. The number of halogens is 4. The highest BCUT2D eigenvalue weighted by molar-refractivity contribution is 6.27. The van der Waals surface area contributed by atoms with Crippen molar-refractivity contribution in [2.24, 2.45) is 0 Å². The van der Waals surface area contributed by atoms with Gasteiger partial charge >= 0.3 is 6.18 Å². The molecule has 90 valence electrons. The number of oxazole rings is 1. The van der Waals surface area contributed by atoms with Crippen molar-refractivity contribution in [1.82, 2.24) is 9.97 Å². The third kappa shape index (κ3) is 2.41. The molecule has 0 aliphatic heterocycles. The van der Waals surface area contributed by atoms with E-state index in [0.717, 1.165) is 12.3 Å². The summed E-state index contributed by atoms with van der Waals surface area (Å²) in [6.07, 6.45) is -3.38. The van der Waals surface area contributed by atoms with Crippen LogP contribution in [-0.2, 0) is 6.18 Å². The Bertz CT molecular complexity index is 533. The van der Waals surface area contributed by atoms with E-state index in [-0.39, 0.29) is 5.35 Å². The molecule has 0 amide bonds. The van der Waals surface area contributed by atoms with E-state index < -0.39 is 11.9 Å². The molecule has 7 heteroatoms. The molecule has 0 unspecified atom stereocenters. The fourth-order valence-electron chi connectivity index (χ4n) is 1.33. The predicted molar refractivity (Wildman–Crippen MR) is 54.5 cm³/mol. The Balaban J connectivity index is 2.39. The number of alkyl halides is 3. The molecule has 3 nitrogen and oxygen atoms in total. The summed E-state index contributed by atoms with van der Waals surface area (Å²) in [5, 5.41) is -0.0580. The maximum Gasteiger partial charge on any atom is 0.433 e. The lowest BCUT2D eigenvalue weighted by atomic mass is 10.2. The minimum absolute atomic E-state index is 0.0580. The van der Waals surface area contributed by atoms with Crippen LogP contribution in [0.5, 0.6) is 0 Å². The van der Waals surface area contributed by atoms with Gasteiger partial charge in [0.2, 0.25) is 0 Å². The van der Waals surface area contributed by atoms with Gasteiger partial charge in [-0.05, 0) is 30.7 Å². The van der Waals surface area contributed by atoms with Gasteiger partial charge in [-0.1, -0.05) is 0 Å². The van der Waals surface area contributed by atoms with Gasteiger partial charge in [0.15, 0.2) is 5.76 Å². The number of nitrogens with zero attached hydrogens (tertiary/aromatic N) is 2. The van der Waals surface area contributed by atoms with Crippen molar-refractivity contribution < 1.29 is 17.6 Å². The molecule has 0 saturated carbocycles. The lowest BCUT2D eigenvalue weighted by Crippen LogP contribution is -2.07. The molecule has 2 aromatic heterocycles. The van der Waals surface area contributed by atoms with Crippen molar-refractivity contribution in [1.29, 1.82) is 0 Å². The monoisotopic (exact) mass is 262 g/mol. The fourth-order valence-corrected chi connectivity index (χ4v) is 1.53. The van der Waals surface area contributed by atoms with Crippen LogP contribution < -0.4 is 0 Å². The molecule has 0 N–H and O–H groups in total. The third-order valence-corrected chi connectivity index (χ3v) is 2.25. The summed E-state index contributed by atoms with van der Waals surface area (Å²) in [6, 6.07) is 2.14. The van der Waals surface area contributed by atoms with Crippen LogP contribution in [0.25, 0.3) is 11.3 Å². The van der Waals surface area contributed by atoms with Gasteiger partial charge in [-0.25, -0.2) is 4.98 Å². The summed E-state index contributed by atoms with van der Waals surface area (Å²) >= 11 is 5.54. The van der Waals surface area contributed by atoms with Crippen molar-refractivity contribution in [3.05, 3.63) is 35.1 Å². The lowest BCUT2D eigenvalue weighted by Gasteiger charge is -2.05. The Labute approximate surface area is 99.3 Å². The van der Waals surface area contributed by atoms with E-state index in [1.54, 1.807) is 6.92 Å². The van der Waals surface area contributed by atoms with Gasteiger partial charge < -0.3 is 4.42 Å². The molecule has 0 aliphatic carbocycles. The number of aromatic nitrogens is 2. The van der Waals surface area contributed by atoms with Crippen LogP contribution in [-0.4, -0.2) is 9.97 Å². The van der Waals surface area contributed by atoms with E-state index in [4.69, 9.17) is 16.0 Å². The van der Waals surface area contributed by atoms with Gasteiger partial charge in [0.25, 0.3) is 5.35 Å². The molecular formula is C10H6ClF3N2O. The van der Waals surface area contributed by atoms with Crippen molar-refractivity contribution in [3.8, 4) is 11.3 Å². The van der Waals surface area contributed by atoms with Crippen molar-refractivity contribution in [2.75, 3.05) is 0 Å². The molecule has 17 heavy (non-hydrogen) atoms. The second-order valence-corrected chi connectivity index (χ2v) is 3.63. The van der Waals surface area contributed by atoms with Gasteiger partial charge in [0, 0.05) is 11.8 Å². The number of hydrogen-bond donors (Lipinski definition) is 0. The highest BCUT2D eigenvalue weighted by Crippen LogP contribution is 2.30. The van der Waals surface area contributed by atoms with Crippen LogP contribution in [0.15, 0.2) is 22.7 Å². The molecule has 2 rings (SSSR count). The fraction of sp³-hybridized carbons (Fsp3) is 0.200. The van der Waals surface area contributed by atoms with E-state index >= 15 is 0 Å². The van der Waals surface area contributed by atoms with E-state index in [9.17, 15) is 13.2 Å². The molecule has 0 aliphatic rings. The summed E-state index contributed by atoms with van der Waals surface area (Å²) in [7, 11) is 0. The molecule has 0 bridgehead atoms. The van der Waals surface area contributed by atoms with Crippen LogP contribution in [0.3, 0.4) is 0 Å². The molecule has 0 saturated heterocycles. The van der Waals surface area contributed by atoms with Gasteiger partial charge in [-0.3, -0.25) is 4.98 Å². The Morgan fingerprint density at radius 3 is 2.41 bits per heavy atom. The van der Waals surface area contributed by atoms with Crippen molar-refractivity contribution >= 4 is 11.6 Å². The summed E-state index contributed by atoms with van der Waals surface area (Å²) in [5.41, 5.74) is -0.0593. The molecular weight excluding hydrogens is 257 g/mol. The van der Waals surface area contributed by atoms with Gasteiger partial charge in [-0.15, -0.1) is 0 Å². The van der Waals surface area contributed by atoms with Gasteiger partial charge in [0.1, 0.15) is 5.69 Å². The molecule has 0 atom stereocenters. The molecule has 0 radical (unpaired) electrons. The predicted octanol–water partition coefficient (Wildman–Crippen LogP) is 3.72. The van der Waals surface area contributed by atoms with E-state index in [2.05, 4.69) is 9.97 Å². The average Bonchev–Trinajstić information content (AvgIpc) is 2.57. The highest BCUT2D eigenvalue weighted by atomic mass is 35.5. The van der Waals surface area contributed by atoms with Crippen molar-refractivity contribution in [2.45, 2.75) is 13.1 Å². The lowest BCUT2D eigenvalue weighted by molar-refractivity contribution is -0.141. The first-order valence-corrected chi connectivity index (χ1v) is 4.92. The second kappa shape index (κ2) is 4.03. The summed E-state index contributed by atoms with van der Waals surface area (Å²) < 4.78 is 41.9. The summed E-state index contributed by atoms with van der Waals surface area (Å²) in [5.74, 6) is 0.316. The molecule has 0 fully saturated rings. The molecule has 0 spiro atoms. The first-order valence-electron chi connectivity index (χ1n) is 4.54. The second-order valence-electron chi connectivity index (χ2n) is 3.31. The summed E-state index contributed by atoms with van der Waals surface area (Å²) in [6.45, 7) is 1.64. The Morgan fingerprint density at radius 2 is 2.00 bits per heavy atom. The average molecular weight is 263 g/mol. The zero-order valence-electron chi connectivity index (χ0n) is 8.55. The Hall–Kier alpha value is -1.56. The van der Waals surface area contributed by atoms with Crippen LogP contribution >= 0.6 is 11.6 Å². The Kier molecular flexibility index (Phi) is 2.82. The first kappa shape index (κ1) is 11.9. The number of pyridine rings is 1. The summed E-state index contributed by atoms with van der Waals surface area (Å²) in [4.78, 5) is 7.13. The number of hydrogen-bond acceptors (Lipinski definition) is 3. The minimum atomic E-state index is -4.45. The topological polar surface area (TPSA) is 38.9 Å². The standard InChI is InChI=1S/C10H6ClF3N2O/c1-5-8(17-9(11)16-5)6-2-3-7(15-4-6)10(12,13)14/h2-4H,1H3. The van der Waals surface area contributed by atoms with E-state index in [1.165, 1.54) is 6.07 Å². The quantitative estimate of drug-likeness (QED) is 0.786. The van der Waals surface area contributed by atoms with Gasteiger partial charge in [-0.2, -0.15) is 13.2 Å². The van der Waals surface area contributed by atoms with Crippen LogP contribution in [0.2, 0.25) is 5.35 Å². The third-order valence-electron chi connectivity index (χ3n) is 2.09. The SMILES string of the molecule is Cc1nc(Cl)oc1-c1ccc(C(F)(F)F)nc1. The first-order chi connectivity index (χ1) is 7.88. The smallest absolute Gasteiger partial charge is 0.427 e. The van der Waals surface area contributed by atoms with Crippen molar-refractivity contribution in [3.63, 3.8) is 0 Å². The van der Waals surface area contributed by atoms with Crippen LogP contribution in [0, 0.1) is 6.92 Å². The molecule has 2 aromatic rings. The minimum Gasteiger partial charge on any atom is -0.427 e. The number of aryl methyl sites for hydroxylation is 1. The largest absolute Gasteiger partial charge is 0.433 e. The maximum absolute atomic E-state index is 12.3.